The molecule has 0 saturated heterocycles. The number of aliphatic carboxylic acids is 1. The van der Waals surface area contributed by atoms with Gasteiger partial charge in [-0.25, -0.2) is 0 Å². The molecule has 0 radical (unpaired) electrons. The van der Waals surface area contributed by atoms with Crippen molar-refractivity contribution in [1.82, 2.24) is 4.90 Å². The third-order valence-corrected chi connectivity index (χ3v) is 3.91. The van der Waals surface area contributed by atoms with Gasteiger partial charge in [-0.05, 0) is 25.7 Å². The molecule has 0 aliphatic heterocycles. The Hall–Kier alpha value is -1.59. The predicted molar refractivity (Wildman–Crippen MR) is 69.1 cm³/mol. The molecule has 2 amide bonds. The van der Waals surface area contributed by atoms with Crippen molar-refractivity contribution in [2.75, 3.05) is 13.1 Å². The molecule has 0 aromatic heterocycles. The normalized spacial score (nSPS) is 26.1. The van der Waals surface area contributed by atoms with Gasteiger partial charge in [0.05, 0.1) is 18.4 Å². The van der Waals surface area contributed by atoms with Crippen LogP contribution in [0.3, 0.4) is 0 Å². The zero-order chi connectivity index (χ0) is 14.6. The fraction of sp³-hybridized carbons (Fsp3) is 0.769. The maximum Gasteiger partial charge on any atom is 0.307 e. The topological polar surface area (TPSA) is 101 Å². The maximum atomic E-state index is 12.3. The first-order chi connectivity index (χ1) is 8.90. The predicted octanol–water partition coefficient (Wildman–Crippen LogP) is 0.457. The zero-order valence-electron chi connectivity index (χ0n) is 11.5. The van der Waals surface area contributed by atoms with Crippen LogP contribution in [-0.2, 0) is 14.4 Å². The van der Waals surface area contributed by atoms with Crippen molar-refractivity contribution in [1.29, 1.82) is 0 Å². The van der Waals surface area contributed by atoms with Gasteiger partial charge >= 0.3 is 5.97 Å². The lowest BCUT2D eigenvalue weighted by molar-refractivity contribution is -0.149. The van der Waals surface area contributed by atoms with Gasteiger partial charge in [-0.3, -0.25) is 14.4 Å². The Morgan fingerprint density at radius 1 is 1.21 bits per heavy atom. The van der Waals surface area contributed by atoms with Gasteiger partial charge in [0.15, 0.2) is 0 Å². The van der Waals surface area contributed by atoms with Crippen molar-refractivity contribution in [3.8, 4) is 0 Å². The first kappa shape index (κ1) is 15.5. The van der Waals surface area contributed by atoms with Crippen LogP contribution in [-0.4, -0.2) is 40.9 Å². The number of primary amides is 1. The zero-order valence-corrected chi connectivity index (χ0v) is 11.5. The lowest BCUT2D eigenvalue weighted by Crippen LogP contribution is -2.43. The molecule has 0 aromatic carbocycles. The quantitative estimate of drug-likeness (QED) is 0.732. The molecule has 0 aromatic rings. The van der Waals surface area contributed by atoms with E-state index in [1.165, 1.54) is 4.90 Å². The lowest BCUT2D eigenvalue weighted by atomic mass is 9.94. The molecular formula is C13H22N2O4. The van der Waals surface area contributed by atoms with Crippen LogP contribution in [0.5, 0.6) is 0 Å². The molecule has 0 bridgehead atoms. The van der Waals surface area contributed by atoms with Crippen molar-refractivity contribution >= 4 is 17.8 Å². The van der Waals surface area contributed by atoms with Crippen LogP contribution in [0.1, 0.15) is 33.1 Å². The van der Waals surface area contributed by atoms with E-state index in [-0.39, 0.29) is 18.4 Å². The van der Waals surface area contributed by atoms with Crippen molar-refractivity contribution in [2.24, 2.45) is 23.5 Å². The number of carboxylic acids is 1. The highest BCUT2D eigenvalue weighted by Crippen LogP contribution is 2.39. The first-order valence-electron chi connectivity index (χ1n) is 6.70. The van der Waals surface area contributed by atoms with Gasteiger partial charge in [-0.2, -0.15) is 0 Å². The van der Waals surface area contributed by atoms with Crippen molar-refractivity contribution in [2.45, 2.75) is 33.1 Å². The summed E-state index contributed by atoms with van der Waals surface area (Å²) in [5.41, 5.74) is 5.10. The molecule has 0 heterocycles. The monoisotopic (exact) mass is 270 g/mol. The van der Waals surface area contributed by atoms with E-state index in [0.29, 0.717) is 19.4 Å². The Bertz CT molecular complexity index is 370. The molecule has 0 spiro atoms. The van der Waals surface area contributed by atoms with E-state index < -0.39 is 23.7 Å². The molecule has 1 saturated carbocycles. The van der Waals surface area contributed by atoms with E-state index in [4.69, 9.17) is 5.73 Å². The third kappa shape index (κ3) is 3.68. The van der Waals surface area contributed by atoms with Crippen molar-refractivity contribution in [3.63, 3.8) is 0 Å². The van der Waals surface area contributed by atoms with Gasteiger partial charge in [-0.15, -0.1) is 0 Å². The van der Waals surface area contributed by atoms with Crippen LogP contribution in [0, 0.1) is 17.8 Å². The number of amides is 2. The summed E-state index contributed by atoms with van der Waals surface area (Å²) >= 11 is 0. The third-order valence-electron chi connectivity index (χ3n) is 3.91. The molecule has 1 aliphatic rings. The summed E-state index contributed by atoms with van der Waals surface area (Å²) in [6.07, 6.45) is 1.99. The van der Waals surface area contributed by atoms with E-state index in [1.807, 2.05) is 6.92 Å². The van der Waals surface area contributed by atoms with Crippen LogP contribution in [0.15, 0.2) is 0 Å². The van der Waals surface area contributed by atoms with Crippen molar-refractivity contribution < 1.29 is 19.5 Å². The van der Waals surface area contributed by atoms with E-state index in [2.05, 4.69) is 0 Å². The molecule has 108 valence electrons. The number of nitrogens with two attached hydrogens (primary N) is 1. The molecule has 6 heteroatoms. The van der Waals surface area contributed by atoms with Gasteiger partial charge in [0.2, 0.25) is 11.8 Å². The SMILES string of the molecule is CCC1C[C@H](C(=O)N(CC)CC(N)=O)[C@H](C(=O)O)C1. The van der Waals surface area contributed by atoms with E-state index in [9.17, 15) is 19.5 Å². The number of carbonyl (C=O) groups excluding carboxylic acids is 2. The highest BCUT2D eigenvalue weighted by molar-refractivity contribution is 5.88. The molecule has 19 heavy (non-hydrogen) atoms. The maximum absolute atomic E-state index is 12.3. The Kier molecular flexibility index (Phi) is 5.32. The molecule has 1 fully saturated rings. The minimum absolute atomic E-state index is 0.144. The first-order valence-corrected chi connectivity index (χ1v) is 6.70. The van der Waals surface area contributed by atoms with E-state index >= 15 is 0 Å². The number of rotatable bonds is 6. The summed E-state index contributed by atoms with van der Waals surface area (Å²) < 4.78 is 0. The number of hydrogen-bond donors (Lipinski definition) is 2. The smallest absolute Gasteiger partial charge is 0.307 e. The summed E-state index contributed by atoms with van der Waals surface area (Å²) in [5.74, 6) is -2.66. The number of hydrogen-bond acceptors (Lipinski definition) is 3. The summed E-state index contributed by atoms with van der Waals surface area (Å²) in [6, 6.07) is 0. The fourth-order valence-electron chi connectivity index (χ4n) is 2.79. The molecule has 3 N–H and O–H groups in total. The Balaban J connectivity index is 2.82. The van der Waals surface area contributed by atoms with Crippen LogP contribution in [0.4, 0.5) is 0 Å². The molecule has 1 rings (SSSR count). The average Bonchev–Trinajstić information content (AvgIpc) is 2.79. The summed E-state index contributed by atoms with van der Waals surface area (Å²) in [4.78, 5) is 35.9. The van der Waals surface area contributed by atoms with Gasteiger partial charge in [0.1, 0.15) is 0 Å². The Labute approximate surface area is 112 Å². The number of likely N-dealkylation sites (N-methyl/N-ethyl adjacent to an activating group) is 1. The highest BCUT2D eigenvalue weighted by Gasteiger charge is 2.43. The number of carbonyl (C=O) groups is 3. The largest absolute Gasteiger partial charge is 0.481 e. The summed E-state index contributed by atoms with van der Waals surface area (Å²) in [6.45, 7) is 3.97. The van der Waals surface area contributed by atoms with Gasteiger partial charge in [0.25, 0.3) is 0 Å². The Morgan fingerprint density at radius 2 is 1.79 bits per heavy atom. The van der Waals surface area contributed by atoms with Crippen LogP contribution in [0.25, 0.3) is 0 Å². The summed E-state index contributed by atoms with van der Waals surface area (Å²) in [7, 11) is 0. The lowest BCUT2D eigenvalue weighted by Gasteiger charge is -2.24. The van der Waals surface area contributed by atoms with E-state index in [1.54, 1.807) is 6.92 Å². The molecule has 1 unspecified atom stereocenters. The fourth-order valence-corrected chi connectivity index (χ4v) is 2.79. The second-order valence-corrected chi connectivity index (χ2v) is 5.12. The van der Waals surface area contributed by atoms with Gasteiger partial charge in [-0.1, -0.05) is 13.3 Å². The number of nitrogens with zero attached hydrogens (tertiary/aromatic N) is 1. The Morgan fingerprint density at radius 3 is 2.21 bits per heavy atom. The van der Waals surface area contributed by atoms with Crippen LogP contribution in [0.2, 0.25) is 0 Å². The molecule has 3 atom stereocenters. The average molecular weight is 270 g/mol. The van der Waals surface area contributed by atoms with E-state index in [0.717, 1.165) is 6.42 Å². The van der Waals surface area contributed by atoms with Crippen LogP contribution >= 0.6 is 0 Å². The minimum atomic E-state index is -0.926. The second kappa shape index (κ2) is 6.54. The van der Waals surface area contributed by atoms with Crippen molar-refractivity contribution in [3.05, 3.63) is 0 Å². The summed E-state index contributed by atoms with van der Waals surface area (Å²) in [5, 5.41) is 9.22. The second-order valence-electron chi connectivity index (χ2n) is 5.12. The highest BCUT2D eigenvalue weighted by atomic mass is 16.4. The van der Waals surface area contributed by atoms with Gasteiger partial charge in [0, 0.05) is 6.54 Å². The molecular weight excluding hydrogens is 248 g/mol. The standard InChI is InChI=1S/C13H22N2O4/c1-3-8-5-9(10(6-8)13(18)19)12(17)15(4-2)7-11(14)16/h8-10H,3-7H2,1-2H3,(H2,14,16)(H,18,19)/t8?,9-,10+/m0/s1. The van der Waals surface area contributed by atoms with Gasteiger partial charge < -0.3 is 15.7 Å². The molecule has 6 nitrogen and oxygen atoms in total. The minimum Gasteiger partial charge on any atom is -0.481 e. The number of carboxylic acid groups (broad SMARTS) is 1. The van der Waals surface area contributed by atoms with Crippen LogP contribution < -0.4 is 5.73 Å². The molecule has 1 aliphatic carbocycles.